The maximum atomic E-state index is 13.8. The van der Waals surface area contributed by atoms with Crippen LogP contribution in [-0.4, -0.2) is 32.0 Å². The normalized spacial score (nSPS) is 13.4. The van der Waals surface area contributed by atoms with Crippen LogP contribution in [-0.2, 0) is 4.74 Å². The third-order valence-electron chi connectivity index (χ3n) is 5.93. The lowest BCUT2D eigenvalue weighted by molar-refractivity contribution is -0.385. The lowest BCUT2D eigenvalue weighted by Gasteiger charge is -2.19. The number of fused-ring (bicyclic) bond motifs is 3. The number of alkyl halides is 2. The highest BCUT2D eigenvalue weighted by Gasteiger charge is 2.39. The molecule has 0 fully saturated rings. The average molecular weight is 491 g/mol. The van der Waals surface area contributed by atoms with Crippen molar-refractivity contribution < 1.29 is 32.8 Å². The summed E-state index contributed by atoms with van der Waals surface area (Å²) in [6.07, 6.45) is -1.33. The number of halogens is 2. The van der Waals surface area contributed by atoms with Crippen LogP contribution in [0.4, 0.5) is 14.5 Å². The molecule has 0 amide bonds. The van der Waals surface area contributed by atoms with E-state index in [2.05, 4.69) is 4.98 Å². The SMILES string of the molecule is CC(OC(=O)c1ccc2c(c1[N+](=O)[O-])C(=O)c1ccccc1C2=O)c1nc2ccccc2n1C(F)F. The van der Waals surface area contributed by atoms with Crippen molar-refractivity contribution in [3.63, 3.8) is 0 Å². The minimum Gasteiger partial charge on any atom is -0.451 e. The minimum atomic E-state index is -2.99. The summed E-state index contributed by atoms with van der Waals surface area (Å²) >= 11 is 0. The number of nitro groups is 1. The molecule has 0 radical (unpaired) electrons. The number of aromatic nitrogens is 2. The molecule has 1 aromatic heterocycles. The van der Waals surface area contributed by atoms with Gasteiger partial charge in [-0.05, 0) is 31.2 Å². The fraction of sp³-hybridized carbons (Fsp3) is 0.120. The topological polar surface area (TPSA) is 121 Å². The monoisotopic (exact) mass is 491 g/mol. The molecule has 1 aliphatic carbocycles. The van der Waals surface area contributed by atoms with Crippen LogP contribution in [0.25, 0.3) is 11.0 Å². The number of ether oxygens (including phenoxy) is 1. The van der Waals surface area contributed by atoms with Gasteiger partial charge in [0.15, 0.2) is 17.7 Å². The van der Waals surface area contributed by atoms with E-state index in [1.807, 2.05) is 0 Å². The molecule has 0 saturated heterocycles. The van der Waals surface area contributed by atoms with Crippen molar-refractivity contribution in [2.75, 3.05) is 0 Å². The number of carbonyl (C=O) groups is 3. The number of benzene rings is 3. The van der Waals surface area contributed by atoms with Gasteiger partial charge in [0.25, 0.3) is 5.69 Å². The quantitative estimate of drug-likeness (QED) is 0.192. The summed E-state index contributed by atoms with van der Waals surface area (Å²) in [6.45, 7) is -1.69. The van der Waals surface area contributed by atoms with Crippen LogP contribution < -0.4 is 0 Å². The number of hydrogen-bond donors (Lipinski definition) is 0. The number of rotatable bonds is 5. The highest BCUT2D eigenvalue weighted by Crippen LogP contribution is 2.37. The van der Waals surface area contributed by atoms with Crippen molar-refractivity contribution in [1.29, 1.82) is 0 Å². The summed E-state index contributed by atoms with van der Waals surface area (Å²) < 4.78 is 33.5. The Kier molecular flexibility index (Phi) is 5.39. The van der Waals surface area contributed by atoms with Crippen molar-refractivity contribution >= 4 is 34.3 Å². The van der Waals surface area contributed by atoms with E-state index in [0.717, 1.165) is 12.1 Å². The molecule has 180 valence electrons. The molecular formula is C25H15F2N3O6. The predicted molar refractivity (Wildman–Crippen MR) is 121 cm³/mol. The predicted octanol–water partition coefficient (Wildman–Crippen LogP) is 5.03. The van der Waals surface area contributed by atoms with Gasteiger partial charge in [-0.2, -0.15) is 8.78 Å². The number of carbonyl (C=O) groups excluding carboxylic acids is 3. The van der Waals surface area contributed by atoms with E-state index in [0.29, 0.717) is 4.57 Å². The molecule has 1 atom stereocenters. The van der Waals surface area contributed by atoms with Gasteiger partial charge >= 0.3 is 12.5 Å². The first-order chi connectivity index (χ1) is 17.2. The maximum Gasteiger partial charge on any atom is 0.345 e. The summed E-state index contributed by atoms with van der Waals surface area (Å²) in [5.41, 5.74) is -1.78. The lowest BCUT2D eigenvalue weighted by atomic mass is 9.82. The molecule has 11 heteroatoms. The Hall–Kier alpha value is -4.80. The second-order valence-electron chi connectivity index (χ2n) is 8.00. The number of nitro benzene ring substituents is 1. The standard InChI is InChI=1S/C25H15F2N3O6/c1-12(23-28-17-8-4-5-9-18(17)29(23)25(26)27)36-24(33)16-11-10-15-19(20(16)30(34)35)22(32)14-7-3-2-6-13(14)21(15)31/h2-12,25H,1H3. The number of esters is 1. The fourth-order valence-electron chi connectivity index (χ4n) is 4.36. The van der Waals surface area contributed by atoms with E-state index in [4.69, 9.17) is 4.74 Å². The Morgan fingerprint density at radius 1 is 0.972 bits per heavy atom. The highest BCUT2D eigenvalue weighted by molar-refractivity contribution is 6.30. The first-order valence-corrected chi connectivity index (χ1v) is 10.7. The van der Waals surface area contributed by atoms with Crippen LogP contribution in [0, 0.1) is 10.1 Å². The van der Waals surface area contributed by atoms with Crippen molar-refractivity contribution in [3.8, 4) is 0 Å². The Balaban J connectivity index is 1.57. The Bertz CT molecular complexity index is 1610. The first kappa shape index (κ1) is 23.0. The molecule has 4 aromatic rings. The Morgan fingerprint density at radius 2 is 1.61 bits per heavy atom. The van der Waals surface area contributed by atoms with Gasteiger partial charge in [0.05, 0.1) is 16.0 Å². The molecule has 1 aliphatic rings. The Labute approximate surface area is 201 Å². The van der Waals surface area contributed by atoms with Gasteiger partial charge < -0.3 is 4.74 Å². The third kappa shape index (κ3) is 3.44. The van der Waals surface area contributed by atoms with Gasteiger partial charge in [-0.25, -0.2) is 9.78 Å². The zero-order chi connectivity index (χ0) is 25.7. The van der Waals surface area contributed by atoms with Crippen LogP contribution in [0.2, 0.25) is 0 Å². The molecule has 1 heterocycles. The molecule has 5 rings (SSSR count). The molecule has 0 N–H and O–H groups in total. The first-order valence-electron chi connectivity index (χ1n) is 10.7. The van der Waals surface area contributed by atoms with Gasteiger partial charge in [-0.3, -0.25) is 24.3 Å². The van der Waals surface area contributed by atoms with Crippen LogP contribution in [0.1, 0.15) is 67.6 Å². The van der Waals surface area contributed by atoms with Crippen molar-refractivity contribution in [1.82, 2.24) is 9.55 Å². The average Bonchev–Trinajstić information content (AvgIpc) is 3.26. The van der Waals surface area contributed by atoms with Crippen LogP contribution >= 0.6 is 0 Å². The van der Waals surface area contributed by atoms with Crippen LogP contribution in [0.3, 0.4) is 0 Å². The molecule has 36 heavy (non-hydrogen) atoms. The van der Waals surface area contributed by atoms with E-state index in [9.17, 15) is 33.3 Å². The lowest BCUT2D eigenvalue weighted by Crippen LogP contribution is -2.24. The van der Waals surface area contributed by atoms with Crippen molar-refractivity contribution in [2.24, 2.45) is 0 Å². The number of ketones is 2. The van der Waals surface area contributed by atoms with Crippen molar-refractivity contribution in [2.45, 2.75) is 19.6 Å². The van der Waals surface area contributed by atoms with Gasteiger partial charge in [0.2, 0.25) is 5.78 Å². The zero-order valence-electron chi connectivity index (χ0n) is 18.5. The zero-order valence-corrected chi connectivity index (χ0v) is 18.5. The molecule has 0 saturated carbocycles. The highest BCUT2D eigenvalue weighted by atomic mass is 19.3. The molecular weight excluding hydrogens is 476 g/mol. The molecule has 0 bridgehead atoms. The molecule has 0 aliphatic heterocycles. The smallest absolute Gasteiger partial charge is 0.345 e. The molecule has 9 nitrogen and oxygen atoms in total. The van der Waals surface area contributed by atoms with E-state index >= 15 is 0 Å². The van der Waals surface area contributed by atoms with E-state index in [1.165, 1.54) is 37.3 Å². The molecule has 0 spiro atoms. The summed E-state index contributed by atoms with van der Waals surface area (Å²) in [4.78, 5) is 54.2. The van der Waals surface area contributed by atoms with E-state index in [1.54, 1.807) is 18.2 Å². The number of imidazole rings is 1. The van der Waals surface area contributed by atoms with Gasteiger partial charge in [-0.1, -0.05) is 36.4 Å². The van der Waals surface area contributed by atoms with Crippen LogP contribution in [0.15, 0.2) is 60.7 Å². The number of hydrogen-bond acceptors (Lipinski definition) is 7. The van der Waals surface area contributed by atoms with Gasteiger partial charge in [0, 0.05) is 16.7 Å². The van der Waals surface area contributed by atoms with Gasteiger partial charge in [-0.15, -0.1) is 0 Å². The largest absolute Gasteiger partial charge is 0.451 e. The van der Waals surface area contributed by atoms with Gasteiger partial charge in [0.1, 0.15) is 11.1 Å². The van der Waals surface area contributed by atoms with E-state index in [-0.39, 0.29) is 33.5 Å². The Morgan fingerprint density at radius 3 is 2.28 bits per heavy atom. The third-order valence-corrected chi connectivity index (χ3v) is 5.93. The summed E-state index contributed by atoms with van der Waals surface area (Å²) in [5, 5.41) is 12.0. The molecule has 3 aromatic carbocycles. The maximum absolute atomic E-state index is 13.8. The second kappa shape index (κ2) is 8.45. The van der Waals surface area contributed by atoms with Crippen LogP contribution in [0.5, 0.6) is 0 Å². The minimum absolute atomic E-state index is 0.0253. The molecule has 1 unspecified atom stereocenters. The number of para-hydroxylation sites is 2. The van der Waals surface area contributed by atoms with Crippen molar-refractivity contribution in [3.05, 3.63) is 104 Å². The summed E-state index contributed by atoms with van der Waals surface area (Å²) in [7, 11) is 0. The fourth-order valence-corrected chi connectivity index (χ4v) is 4.36. The summed E-state index contributed by atoms with van der Waals surface area (Å²) in [6, 6.07) is 14.1. The van der Waals surface area contributed by atoms with E-state index < -0.39 is 51.9 Å². The summed E-state index contributed by atoms with van der Waals surface area (Å²) in [5.74, 6) is -2.87. The second-order valence-corrected chi connectivity index (χ2v) is 8.00. The number of nitrogens with zero attached hydrogens (tertiary/aromatic N) is 3.